The van der Waals surface area contributed by atoms with Gasteiger partial charge in [0.25, 0.3) is 0 Å². The first-order valence-electron chi connectivity index (χ1n) is 3.79. The Morgan fingerprint density at radius 1 is 1.25 bits per heavy atom. The van der Waals surface area contributed by atoms with E-state index in [1.807, 2.05) is 0 Å². The molecule has 0 unspecified atom stereocenters. The Morgan fingerprint density at radius 3 is 2.33 bits per heavy atom. The van der Waals surface area contributed by atoms with Gasteiger partial charge < -0.3 is 4.53 Å². The number of hydrogen-bond acceptors (Lipinski definition) is 4. The molecule has 0 saturated carbocycles. The minimum atomic E-state index is -1.53. The van der Waals surface area contributed by atoms with Gasteiger partial charge in [0.05, 0.1) is 0 Å². The minimum Gasteiger partial charge on any atom is -0.320 e. The van der Waals surface area contributed by atoms with Gasteiger partial charge in [-0.2, -0.15) is 0 Å². The molecule has 12 heavy (non-hydrogen) atoms. The number of anilines is 1. The normalized spacial score (nSPS) is 11.2. The standard InChI is InChI=1S/C7H13N3OSi/c1-12(2,3)11-10-7-8-5-4-6-9-7/h4-6H,1-3H3,(H,8,9,10). The second-order valence-corrected chi connectivity index (χ2v) is 7.82. The van der Waals surface area contributed by atoms with Crippen molar-refractivity contribution in [3.05, 3.63) is 18.5 Å². The summed E-state index contributed by atoms with van der Waals surface area (Å²) in [5.41, 5.74) is 2.72. The van der Waals surface area contributed by atoms with Gasteiger partial charge in [-0.25, -0.2) is 15.4 Å². The van der Waals surface area contributed by atoms with Crippen LogP contribution in [0.15, 0.2) is 18.5 Å². The Bertz CT molecular complexity index is 234. The maximum Gasteiger partial charge on any atom is 0.246 e. The molecule has 5 heteroatoms. The Balaban J connectivity index is 2.44. The van der Waals surface area contributed by atoms with Crippen molar-refractivity contribution in [3.63, 3.8) is 0 Å². The molecule has 0 aliphatic carbocycles. The fourth-order valence-electron chi connectivity index (χ4n) is 0.551. The van der Waals surface area contributed by atoms with Crippen molar-refractivity contribution in [2.24, 2.45) is 0 Å². The maximum atomic E-state index is 5.38. The molecule has 0 bridgehead atoms. The van der Waals surface area contributed by atoms with Gasteiger partial charge in [-0.15, -0.1) is 0 Å². The van der Waals surface area contributed by atoms with Crippen LogP contribution in [0.3, 0.4) is 0 Å². The van der Waals surface area contributed by atoms with Gasteiger partial charge in [-0.3, -0.25) is 0 Å². The molecule has 0 aliphatic rings. The van der Waals surface area contributed by atoms with Crippen molar-refractivity contribution in [1.29, 1.82) is 0 Å². The molecule has 0 atom stereocenters. The lowest BCUT2D eigenvalue weighted by Gasteiger charge is -2.16. The van der Waals surface area contributed by atoms with Crippen LogP contribution in [0.5, 0.6) is 0 Å². The summed E-state index contributed by atoms with van der Waals surface area (Å²) in [6.07, 6.45) is 3.34. The van der Waals surface area contributed by atoms with Crippen molar-refractivity contribution in [2.75, 3.05) is 5.48 Å². The molecule has 0 aliphatic heterocycles. The van der Waals surface area contributed by atoms with E-state index < -0.39 is 8.32 Å². The summed E-state index contributed by atoms with van der Waals surface area (Å²) in [4.78, 5) is 7.91. The van der Waals surface area contributed by atoms with Crippen LogP contribution in [0.1, 0.15) is 0 Å². The fourth-order valence-corrected chi connectivity index (χ4v) is 0.948. The molecule has 4 nitrogen and oxygen atoms in total. The summed E-state index contributed by atoms with van der Waals surface area (Å²) >= 11 is 0. The van der Waals surface area contributed by atoms with Crippen LogP contribution in [-0.4, -0.2) is 18.3 Å². The monoisotopic (exact) mass is 183 g/mol. The first kappa shape index (κ1) is 9.15. The van der Waals surface area contributed by atoms with Gasteiger partial charge in [0.2, 0.25) is 14.3 Å². The molecular weight excluding hydrogens is 170 g/mol. The van der Waals surface area contributed by atoms with Crippen molar-refractivity contribution in [1.82, 2.24) is 9.97 Å². The van der Waals surface area contributed by atoms with Crippen LogP contribution in [0.4, 0.5) is 5.95 Å². The van der Waals surface area contributed by atoms with E-state index in [1.165, 1.54) is 0 Å². The second kappa shape index (κ2) is 3.64. The zero-order valence-corrected chi connectivity index (χ0v) is 8.53. The molecule has 0 spiro atoms. The van der Waals surface area contributed by atoms with E-state index >= 15 is 0 Å². The number of rotatable bonds is 3. The molecule has 0 saturated heterocycles. The highest BCUT2D eigenvalue weighted by atomic mass is 28.4. The van der Waals surface area contributed by atoms with E-state index in [4.69, 9.17) is 4.53 Å². The van der Waals surface area contributed by atoms with Gasteiger partial charge in [0.1, 0.15) is 0 Å². The summed E-state index contributed by atoms with van der Waals surface area (Å²) in [7, 11) is -1.53. The zero-order chi connectivity index (χ0) is 9.03. The maximum absolute atomic E-state index is 5.38. The summed E-state index contributed by atoms with van der Waals surface area (Å²) in [6, 6.07) is 1.76. The van der Waals surface area contributed by atoms with Gasteiger partial charge in [0.15, 0.2) is 0 Å². The molecule has 1 aromatic heterocycles. The third-order valence-corrected chi connectivity index (χ3v) is 1.73. The minimum absolute atomic E-state index is 0.514. The summed E-state index contributed by atoms with van der Waals surface area (Å²) in [5, 5.41) is 0. The topological polar surface area (TPSA) is 47.0 Å². The van der Waals surface area contributed by atoms with Crippen LogP contribution in [0, 0.1) is 0 Å². The zero-order valence-electron chi connectivity index (χ0n) is 7.53. The van der Waals surface area contributed by atoms with E-state index in [-0.39, 0.29) is 0 Å². The lowest BCUT2D eigenvalue weighted by molar-refractivity contribution is 0.395. The van der Waals surface area contributed by atoms with Crippen LogP contribution in [0.2, 0.25) is 19.6 Å². The predicted molar refractivity (Wildman–Crippen MR) is 50.1 cm³/mol. The SMILES string of the molecule is C[Si](C)(C)ONc1ncccn1. The number of hydrogen-bond donors (Lipinski definition) is 1. The van der Waals surface area contributed by atoms with Crippen LogP contribution >= 0.6 is 0 Å². The smallest absolute Gasteiger partial charge is 0.246 e. The molecule has 0 amide bonds. The molecule has 66 valence electrons. The third kappa shape index (κ3) is 3.45. The lowest BCUT2D eigenvalue weighted by Crippen LogP contribution is -2.29. The van der Waals surface area contributed by atoms with Gasteiger partial charge >= 0.3 is 0 Å². The molecule has 0 aromatic carbocycles. The van der Waals surface area contributed by atoms with E-state index in [9.17, 15) is 0 Å². The third-order valence-electron chi connectivity index (χ3n) is 1.01. The Hall–Kier alpha value is -0.943. The van der Waals surface area contributed by atoms with Crippen LogP contribution in [-0.2, 0) is 4.53 Å². The second-order valence-electron chi connectivity index (χ2n) is 3.39. The number of aromatic nitrogens is 2. The van der Waals surface area contributed by atoms with E-state index in [0.29, 0.717) is 5.95 Å². The molecule has 0 radical (unpaired) electrons. The molecule has 1 aromatic rings. The van der Waals surface area contributed by atoms with Crippen molar-refractivity contribution in [3.8, 4) is 0 Å². The highest BCUT2D eigenvalue weighted by Gasteiger charge is 2.15. The highest BCUT2D eigenvalue weighted by molar-refractivity contribution is 6.69. The summed E-state index contributed by atoms with van der Waals surface area (Å²) in [5.74, 6) is 0.514. The Kier molecular flexibility index (Phi) is 2.77. The van der Waals surface area contributed by atoms with Crippen molar-refractivity contribution >= 4 is 14.3 Å². The van der Waals surface area contributed by atoms with Crippen molar-refractivity contribution in [2.45, 2.75) is 19.6 Å². The lowest BCUT2D eigenvalue weighted by atomic mass is 10.7. The molecule has 0 fully saturated rings. The first-order chi connectivity index (χ1) is 5.58. The molecule has 1 rings (SSSR count). The quantitative estimate of drug-likeness (QED) is 0.572. The van der Waals surface area contributed by atoms with E-state index in [1.54, 1.807) is 18.5 Å². The molecular formula is C7H13N3OSi. The largest absolute Gasteiger partial charge is 0.320 e. The molecule has 1 heterocycles. The average molecular weight is 183 g/mol. The first-order valence-corrected chi connectivity index (χ1v) is 7.20. The predicted octanol–water partition coefficient (Wildman–Crippen LogP) is 1.65. The Morgan fingerprint density at radius 2 is 1.83 bits per heavy atom. The molecule has 1 N–H and O–H groups in total. The fraction of sp³-hybridized carbons (Fsp3) is 0.429. The van der Waals surface area contributed by atoms with E-state index in [2.05, 4.69) is 35.1 Å². The number of nitrogens with one attached hydrogen (secondary N) is 1. The van der Waals surface area contributed by atoms with Gasteiger partial charge in [-0.05, 0) is 25.7 Å². The van der Waals surface area contributed by atoms with Crippen LogP contribution in [0.25, 0.3) is 0 Å². The Labute approximate surface area is 73.1 Å². The van der Waals surface area contributed by atoms with Crippen LogP contribution < -0.4 is 5.48 Å². The van der Waals surface area contributed by atoms with Gasteiger partial charge in [-0.1, -0.05) is 0 Å². The summed E-state index contributed by atoms with van der Waals surface area (Å²) in [6.45, 7) is 6.26. The highest BCUT2D eigenvalue weighted by Crippen LogP contribution is 2.03. The van der Waals surface area contributed by atoms with Gasteiger partial charge in [0, 0.05) is 12.4 Å². The average Bonchev–Trinajstić information content (AvgIpc) is 2.02. The summed E-state index contributed by atoms with van der Waals surface area (Å²) < 4.78 is 5.38. The van der Waals surface area contributed by atoms with Crippen molar-refractivity contribution < 1.29 is 4.53 Å². The number of nitrogens with zero attached hydrogens (tertiary/aromatic N) is 2. The van der Waals surface area contributed by atoms with E-state index in [0.717, 1.165) is 0 Å².